The van der Waals surface area contributed by atoms with Gasteiger partial charge >= 0.3 is 12.1 Å². The van der Waals surface area contributed by atoms with E-state index in [2.05, 4.69) is 30.3 Å². The summed E-state index contributed by atoms with van der Waals surface area (Å²) in [5, 5.41) is 15.2. The second-order valence-electron chi connectivity index (χ2n) is 10.8. The zero-order valence-electron chi connectivity index (χ0n) is 23.5. The lowest BCUT2D eigenvalue weighted by Gasteiger charge is -2.33. The molecule has 12 nitrogen and oxygen atoms in total. The Morgan fingerprint density at radius 3 is 1.76 bits per heavy atom. The van der Waals surface area contributed by atoms with E-state index in [9.17, 15) is 19.5 Å². The molecular weight excluding hydrogens is 502 g/mol. The maximum absolute atomic E-state index is 12.4. The van der Waals surface area contributed by atoms with E-state index >= 15 is 0 Å². The van der Waals surface area contributed by atoms with E-state index in [0.717, 1.165) is 0 Å². The third kappa shape index (κ3) is 19.9. The SMILES string of the molecule is CC(C)(C)OC(=O)N[C@](CC[Si](C)(C)C)(CNC(=O)CCOCCOCCOCCOCCN)C(=O)O. The highest BCUT2D eigenvalue weighted by atomic mass is 28.3. The normalized spacial score (nSPS) is 13.6. The zero-order valence-corrected chi connectivity index (χ0v) is 24.5. The second kappa shape index (κ2) is 18.5. The van der Waals surface area contributed by atoms with Crippen molar-refractivity contribution in [3.05, 3.63) is 0 Å². The first-order valence-corrected chi connectivity index (χ1v) is 16.4. The fourth-order valence-corrected chi connectivity index (χ4v) is 4.04. The lowest BCUT2D eigenvalue weighted by molar-refractivity contribution is -0.145. The summed E-state index contributed by atoms with van der Waals surface area (Å²) in [6, 6.07) is 0.640. The van der Waals surface area contributed by atoms with Gasteiger partial charge in [0.25, 0.3) is 0 Å². The van der Waals surface area contributed by atoms with Gasteiger partial charge in [-0.2, -0.15) is 0 Å². The number of nitrogens with two attached hydrogens (primary N) is 1. The van der Waals surface area contributed by atoms with Crippen LogP contribution in [0.3, 0.4) is 0 Å². The number of rotatable bonds is 21. The van der Waals surface area contributed by atoms with Crippen LogP contribution in [-0.2, 0) is 33.3 Å². The van der Waals surface area contributed by atoms with Gasteiger partial charge in [-0.25, -0.2) is 9.59 Å². The standard InChI is InChI=1S/C24H49N3O9Si/c1-23(2,3)36-22(31)27-24(21(29)30,8-18-37(4,5)6)19-26-20(28)7-10-32-12-14-34-16-17-35-15-13-33-11-9-25/h7-19,25H2,1-6H3,(H,26,28)(H,27,31)(H,29,30)/t24-/m1/s1. The topological polar surface area (TPSA) is 168 Å². The Morgan fingerprint density at radius 2 is 1.32 bits per heavy atom. The second-order valence-corrected chi connectivity index (χ2v) is 16.5. The molecule has 0 aromatic heterocycles. The zero-order chi connectivity index (χ0) is 28.4. The van der Waals surface area contributed by atoms with Crippen LogP contribution in [0.15, 0.2) is 0 Å². The van der Waals surface area contributed by atoms with Crippen LogP contribution in [-0.4, -0.2) is 108 Å². The number of carbonyl (C=O) groups is 3. The third-order valence-corrected chi connectivity index (χ3v) is 6.64. The molecule has 0 aliphatic carbocycles. The van der Waals surface area contributed by atoms with E-state index in [4.69, 9.17) is 29.4 Å². The van der Waals surface area contributed by atoms with Crippen molar-refractivity contribution in [3.63, 3.8) is 0 Å². The number of carboxylic acids is 1. The Bertz CT molecular complexity index is 669. The molecule has 13 heteroatoms. The first-order chi connectivity index (χ1) is 17.2. The van der Waals surface area contributed by atoms with E-state index in [-0.39, 0.29) is 31.9 Å². The predicted molar refractivity (Wildman–Crippen MR) is 142 cm³/mol. The highest BCUT2D eigenvalue weighted by Crippen LogP contribution is 2.21. The maximum atomic E-state index is 12.4. The van der Waals surface area contributed by atoms with Crippen molar-refractivity contribution in [2.45, 2.75) is 70.4 Å². The molecule has 5 N–H and O–H groups in total. The quantitative estimate of drug-likeness (QED) is 0.121. The molecule has 0 fully saturated rings. The number of alkyl carbamates (subject to hydrolysis) is 1. The van der Waals surface area contributed by atoms with Crippen LogP contribution in [0.25, 0.3) is 0 Å². The smallest absolute Gasteiger partial charge is 0.408 e. The Kier molecular flexibility index (Phi) is 17.6. The minimum absolute atomic E-state index is 0.0437. The summed E-state index contributed by atoms with van der Waals surface area (Å²) in [5.41, 5.74) is 2.85. The highest BCUT2D eigenvalue weighted by Gasteiger charge is 2.42. The molecule has 0 aromatic carbocycles. The molecule has 218 valence electrons. The number of nitrogens with one attached hydrogen (secondary N) is 2. The molecule has 0 heterocycles. The number of hydrogen-bond acceptors (Lipinski definition) is 9. The molecule has 0 aliphatic rings. The van der Waals surface area contributed by atoms with Crippen molar-refractivity contribution in [3.8, 4) is 0 Å². The van der Waals surface area contributed by atoms with Crippen LogP contribution in [0.4, 0.5) is 4.79 Å². The van der Waals surface area contributed by atoms with Crippen LogP contribution in [0.1, 0.15) is 33.6 Å². The largest absolute Gasteiger partial charge is 0.479 e. The van der Waals surface area contributed by atoms with Gasteiger partial charge in [-0.05, 0) is 27.2 Å². The van der Waals surface area contributed by atoms with E-state index in [1.165, 1.54) is 0 Å². The number of aliphatic carboxylic acids is 1. The van der Waals surface area contributed by atoms with Crippen LogP contribution in [0.2, 0.25) is 25.7 Å². The number of hydrogen-bond donors (Lipinski definition) is 4. The van der Waals surface area contributed by atoms with Crippen molar-refractivity contribution in [1.29, 1.82) is 0 Å². The Labute approximate surface area is 222 Å². The highest BCUT2D eigenvalue weighted by molar-refractivity contribution is 6.76. The number of ether oxygens (including phenoxy) is 5. The summed E-state index contributed by atoms with van der Waals surface area (Å²) in [6.07, 6.45) is -0.619. The average molecular weight is 552 g/mol. The average Bonchev–Trinajstić information content (AvgIpc) is 2.76. The molecule has 0 aliphatic heterocycles. The summed E-state index contributed by atoms with van der Waals surface area (Å²) < 4.78 is 26.6. The lowest BCUT2D eigenvalue weighted by atomic mass is 9.96. The molecule has 37 heavy (non-hydrogen) atoms. The number of carboxylic acid groups (broad SMARTS) is 1. The molecule has 2 amide bonds. The van der Waals surface area contributed by atoms with Crippen molar-refractivity contribution < 1.29 is 43.2 Å². The van der Waals surface area contributed by atoms with Gasteiger partial charge in [0.1, 0.15) is 5.60 Å². The maximum Gasteiger partial charge on any atom is 0.408 e. The van der Waals surface area contributed by atoms with Crippen molar-refractivity contribution in [1.82, 2.24) is 10.6 Å². The van der Waals surface area contributed by atoms with E-state index in [1.807, 2.05) is 0 Å². The van der Waals surface area contributed by atoms with Gasteiger partial charge in [-0.15, -0.1) is 0 Å². The fraction of sp³-hybridized carbons (Fsp3) is 0.875. The molecule has 0 radical (unpaired) electrons. The summed E-state index contributed by atoms with van der Waals surface area (Å²) in [4.78, 5) is 37.0. The van der Waals surface area contributed by atoms with Gasteiger partial charge in [0.2, 0.25) is 5.91 Å². The Hall–Kier alpha value is -1.77. The minimum atomic E-state index is -1.68. The lowest BCUT2D eigenvalue weighted by Crippen LogP contribution is -2.61. The van der Waals surface area contributed by atoms with Crippen LogP contribution >= 0.6 is 0 Å². The fourth-order valence-electron chi connectivity index (χ4n) is 2.87. The van der Waals surface area contributed by atoms with Gasteiger partial charge in [0.15, 0.2) is 5.54 Å². The molecule has 0 spiro atoms. The first kappa shape index (κ1) is 35.2. The summed E-state index contributed by atoms with van der Waals surface area (Å²) in [5.74, 6) is -1.60. The van der Waals surface area contributed by atoms with Gasteiger partial charge in [-0.1, -0.05) is 25.7 Å². The molecule has 1 atom stereocenters. The molecule has 0 saturated heterocycles. The van der Waals surface area contributed by atoms with Crippen LogP contribution in [0.5, 0.6) is 0 Å². The molecule has 0 saturated carbocycles. The van der Waals surface area contributed by atoms with Gasteiger partial charge < -0.3 is 45.2 Å². The summed E-state index contributed by atoms with van der Waals surface area (Å²) in [7, 11) is -1.64. The van der Waals surface area contributed by atoms with Gasteiger partial charge in [0, 0.05) is 21.0 Å². The number of amides is 2. The Morgan fingerprint density at radius 1 is 0.838 bits per heavy atom. The molecule has 0 bridgehead atoms. The van der Waals surface area contributed by atoms with Crippen molar-refractivity contribution in [2.24, 2.45) is 5.73 Å². The van der Waals surface area contributed by atoms with Crippen LogP contribution in [0, 0.1) is 0 Å². The minimum Gasteiger partial charge on any atom is -0.479 e. The molecule has 0 unspecified atom stereocenters. The molecule has 0 rings (SSSR count). The van der Waals surface area contributed by atoms with Crippen molar-refractivity contribution >= 4 is 26.0 Å². The molecule has 0 aromatic rings. The Balaban J connectivity index is 4.45. The molecular formula is C24H49N3O9Si. The van der Waals surface area contributed by atoms with E-state index in [0.29, 0.717) is 58.8 Å². The van der Waals surface area contributed by atoms with Gasteiger partial charge in [-0.3, -0.25) is 4.79 Å². The first-order valence-electron chi connectivity index (χ1n) is 12.7. The van der Waals surface area contributed by atoms with Gasteiger partial charge in [0.05, 0.1) is 59.4 Å². The summed E-state index contributed by atoms with van der Waals surface area (Å²) in [6.45, 7) is 14.8. The summed E-state index contributed by atoms with van der Waals surface area (Å²) >= 11 is 0. The predicted octanol–water partition coefficient (Wildman–Crippen LogP) is 1.59. The van der Waals surface area contributed by atoms with Crippen molar-refractivity contribution in [2.75, 3.05) is 65.9 Å². The van der Waals surface area contributed by atoms with E-state index in [1.54, 1.807) is 20.8 Å². The third-order valence-electron chi connectivity index (χ3n) is 4.89. The van der Waals surface area contributed by atoms with E-state index < -0.39 is 31.3 Å². The van der Waals surface area contributed by atoms with Crippen LogP contribution < -0.4 is 16.4 Å². The number of carbonyl (C=O) groups excluding carboxylic acids is 2. The monoisotopic (exact) mass is 551 g/mol.